The fraction of sp³-hybridized carbons (Fsp3) is 0.917. The highest BCUT2D eigenvalue weighted by Crippen LogP contribution is 2.34. The van der Waals surface area contributed by atoms with Crippen LogP contribution in [0.25, 0.3) is 0 Å². The monoisotopic (exact) mass is 226 g/mol. The Morgan fingerprint density at radius 1 is 1.44 bits per heavy atom. The Balaban J connectivity index is 1.97. The molecule has 0 radical (unpaired) electrons. The molecule has 92 valence electrons. The highest BCUT2D eigenvalue weighted by atomic mass is 16.5. The molecule has 1 aliphatic carbocycles. The van der Waals surface area contributed by atoms with E-state index >= 15 is 0 Å². The van der Waals surface area contributed by atoms with Crippen molar-refractivity contribution in [1.29, 1.82) is 0 Å². The Labute approximate surface area is 97.1 Å². The lowest BCUT2D eigenvalue weighted by Crippen LogP contribution is -2.57. The summed E-state index contributed by atoms with van der Waals surface area (Å²) in [6, 6.07) is 0. The van der Waals surface area contributed by atoms with Gasteiger partial charge in [0.15, 0.2) is 0 Å². The van der Waals surface area contributed by atoms with E-state index in [4.69, 9.17) is 10.5 Å². The van der Waals surface area contributed by atoms with Crippen molar-refractivity contribution in [3.63, 3.8) is 0 Å². The van der Waals surface area contributed by atoms with Crippen molar-refractivity contribution < 1.29 is 9.53 Å². The number of hydrogen-bond donors (Lipinski definition) is 1. The van der Waals surface area contributed by atoms with E-state index in [9.17, 15) is 4.79 Å². The molecule has 1 amide bonds. The molecule has 0 atom stereocenters. The van der Waals surface area contributed by atoms with E-state index in [0.29, 0.717) is 18.9 Å². The van der Waals surface area contributed by atoms with Gasteiger partial charge >= 0.3 is 0 Å². The molecular formula is C12H22N2O2. The van der Waals surface area contributed by atoms with Crippen molar-refractivity contribution in [2.75, 3.05) is 26.8 Å². The van der Waals surface area contributed by atoms with Gasteiger partial charge in [-0.15, -0.1) is 0 Å². The van der Waals surface area contributed by atoms with Crippen LogP contribution in [0.3, 0.4) is 0 Å². The predicted octanol–water partition coefficient (Wildman–Crippen LogP) is 0.753. The van der Waals surface area contributed by atoms with Crippen LogP contribution in [-0.4, -0.2) is 43.2 Å². The molecule has 0 aromatic carbocycles. The van der Waals surface area contributed by atoms with E-state index in [-0.39, 0.29) is 11.4 Å². The first-order valence-electron chi connectivity index (χ1n) is 6.22. The molecule has 1 saturated carbocycles. The van der Waals surface area contributed by atoms with E-state index in [1.807, 2.05) is 11.9 Å². The molecule has 0 unspecified atom stereocenters. The first-order chi connectivity index (χ1) is 7.68. The molecule has 1 heterocycles. The van der Waals surface area contributed by atoms with Gasteiger partial charge in [0.2, 0.25) is 5.91 Å². The van der Waals surface area contributed by atoms with E-state index in [1.54, 1.807) is 0 Å². The maximum atomic E-state index is 12.1. The summed E-state index contributed by atoms with van der Waals surface area (Å²) < 4.78 is 5.36. The number of nitrogens with two attached hydrogens (primary N) is 1. The predicted molar refractivity (Wildman–Crippen MR) is 61.9 cm³/mol. The van der Waals surface area contributed by atoms with Crippen LogP contribution in [0.2, 0.25) is 0 Å². The molecule has 16 heavy (non-hydrogen) atoms. The SMILES string of the molecule is CN(C(=O)CC1CC1)C1(CN)CCOCC1. The Kier molecular flexibility index (Phi) is 3.50. The number of carbonyl (C=O) groups excluding carboxylic acids is 1. The van der Waals surface area contributed by atoms with Crippen LogP contribution in [0.4, 0.5) is 0 Å². The molecule has 2 rings (SSSR count). The van der Waals surface area contributed by atoms with E-state index < -0.39 is 0 Å². The Hall–Kier alpha value is -0.610. The third-order valence-electron chi connectivity index (χ3n) is 4.05. The lowest BCUT2D eigenvalue weighted by Gasteiger charge is -2.43. The summed E-state index contributed by atoms with van der Waals surface area (Å²) >= 11 is 0. The number of carbonyl (C=O) groups is 1. The van der Waals surface area contributed by atoms with Crippen LogP contribution in [0.5, 0.6) is 0 Å². The summed E-state index contributed by atoms with van der Waals surface area (Å²) in [6.45, 7) is 1.99. The van der Waals surface area contributed by atoms with Crippen molar-refractivity contribution in [2.45, 2.75) is 37.6 Å². The molecule has 2 aliphatic rings. The van der Waals surface area contributed by atoms with E-state index in [2.05, 4.69) is 0 Å². The van der Waals surface area contributed by atoms with Crippen molar-refractivity contribution >= 4 is 5.91 Å². The molecule has 1 saturated heterocycles. The largest absolute Gasteiger partial charge is 0.381 e. The maximum absolute atomic E-state index is 12.1. The van der Waals surface area contributed by atoms with Crippen molar-refractivity contribution in [1.82, 2.24) is 4.90 Å². The zero-order valence-electron chi connectivity index (χ0n) is 10.1. The average molecular weight is 226 g/mol. The number of likely N-dealkylation sites (N-methyl/N-ethyl adjacent to an activating group) is 1. The summed E-state index contributed by atoms with van der Waals surface area (Å²) in [7, 11) is 1.91. The maximum Gasteiger partial charge on any atom is 0.223 e. The zero-order chi connectivity index (χ0) is 11.6. The number of rotatable bonds is 4. The summed E-state index contributed by atoms with van der Waals surface area (Å²) in [5.41, 5.74) is 5.73. The van der Waals surface area contributed by atoms with Crippen LogP contribution in [-0.2, 0) is 9.53 Å². The average Bonchev–Trinajstić information content (AvgIpc) is 3.12. The van der Waals surface area contributed by atoms with Gasteiger partial charge in [-0.25, -0.2) is 0 Å². The Morgan fingerprint density at radius 2 is 2.06 bits per heavy atom. The summed E-state index contributed by atoms with van der Waals surface area (Å²) in [5.74, 6) is 0.902. The summed E-state index contributed by atoms with van der Waals surface area (Å²) in [5, 5.41) is 0. The minimum Gasteiger partial charge on any atom is -0.381 e. The first kappa shape index (κ1) is 11.9. The topological polar surface area (TPSA) is 55.6 Å². The molecule has 0 spiro atoms. The minimum atomic E-state index is -0.149. The number of hydrogen-bond acceptors (Lipinski definition) is 3. The van der Waals surface area contributed by atoms with Crippen LogP contribution < -0.4 is 5.73 Å². The molecule has 4 heteroatoms. The molecule has 0 aromatic rings. The van der Waals surface area contributed by atoms with Crippen molar-refractivity contribution in [3.05, 3.63) is 0 Å². The lowest BCUT2D eigenvalue weighted by atomic mass is 9.88. The highest BCUT2D eigenvalue weighted by Gasteiger charge is 2.39. The van der Waals surface area contributed by atoms with Crippen molar-refractivity contribution in [3.8, 4) is 0 Å². The van der Waals surface area contributed by atoms with E-state index in [0.717, 1.165) is 26.1 Å². The fourth-order valence-electron chi connectivity index (χ4n) is 2.40. The summed E-state index contributed by atoms with van der Waals surface area (Å²) in [6.07, 6.45) is 4.89. The number of ether oxygens (including phenoxy) is 1. The van der Waals surface area contributed by atoms with Crippen LogP contribution in [0.15, 0.2) is 0 Å². The van der Waals surface area contributed by atoms with Crippen molar-refractivity contribution in [2.24, 2.45) is 11.7 Å². The second-order valence-electron chi connectivity index (χ2n) is 5.14. The summed E-state index contributed by atoms with van der Waals surface area (Å²) in [4.78, 5) is 14.0. The van der Waals surface area contributed by atoms with Gasteiger partial charge in [0, 0.05) is 33.2 Å². The molecular weight excluding hydrogens is 204 g/mol. The Morgan fingerprint density at radius 3 is 2.56 bits per heavy atom. The Bertz CT molecular complexity index is 258. The van der Waals surface area contributed by atoms with Gasteiger partial charge < -0.3 is 15.4 Å². The molecule has 2 fully saturated rings. The van der Waals surface area contributed by atoms with Gasteiger partial charge in [0.05, 0.1) is 5.54 Å². The highest BCUT2D eigenvalue weighted by molar-refractivity contribution is 5.77. The second kappa shape index (κ2) is 4.72. The smallest absolute Gasteiger partial charge is 0.223 e. The van der Waals surface area contributed by atoms with Gasteiger partial charge in [-0.3, -0.25) is 4.79 Å². The normalized spacial score (nSPS) is 24.1. The molecule has 1 aliphatic heterocycles. The van der Waals surface area contributed by atoms with Crippen LogP contribution in [0, 0.1) is 5.92 Å². The standard InChI is InChI=1S/C12H22N2O2/c1-14(11(15)8-10-2-3-10)12(9-13)4-6-16-7-5-12/h10H,2-9,13H2,1H3. The quantitative estimate of drug-likeness (QED) is 0.769. The molecule has 0 aromatic heterocycles. The minimum absolute atomic E-state index is 0.149. The zero-order valence-corrected chi connectivity index (χ0v) is 10.1. The lowest BCUT2D eigenvalue weighted by molar-refractivity contribution is -0.139. The fourth-order valence-corrected chi connectivity index (χ4v) is 2.40. The van der Waals surface area contributed by atoms with Gasteiger partial charge in [0.1, 0.15) is 0 Å². The van der Waals surface area contributed by atoms with Gasteiger partial charge in [-0.2, -0.15) is 0 Å². The van der Waals surface area contributed by atoms with Gasteiger partial charge in [-0.1, -0.05) is 0 Å². The first-order valence-corrected chi connectivity index (χ1v) is 6.22. The molecule has 0 bridgehead atoms. The third-order valence-corrected chi connectivity index (χ3v) is 4.05. The van der Waals surface area contributed by atoms with E-state index in [1.165, 1.54) is 12.8 Å². The van der Waals surface area contributed by atoms with Gasteiger partial charge in [0.25, 0.3) is 0 Å². The van der Waals surface area contributed by atoms with Gasteiger partial charge in [-0.05, 0) is 31.6 Å². The van der Waals surface area contributed by atoms with Crippen LogP contribution >= 0.6 is 0 Å². The molecule has 2 N–H and O–H groups in total. The number of nitrogens with zero attached hydrogens (tertiary/aromatic N) is 1. The van der Waals surface area contributed by atoms with Crippen LogP contribution in [0.1, 0.15) is 32.1 Å². The molecule has 4 nitrogen and oxygen atoms in total. The number of amides is 1. The second-order valence-corrected chi connectivity index (χ2v) is 5.14. The third kappa shape index (κ3) is 2.38.